The van der Waals surface area contributed by atoms with Gasteiger partial charge in [0, 0.05) is 7.14 Å². The maximum Gasteiger partial charge on any atom is 0.328 e. The molecule has 0 radical (unpaired) electrons. The van der Waals surface area contributed by atoms with Crippen molar-refractivity contribution in [2.45, 2.75) is 5.09 Å². The number of carbonyl (C=O) groups excluding carboxylic acids is 4. The van der Waals surface area contributed by atoms with Crippen LogP contribution in [0.4, 0.5) is 11.4 Å². The van der Waals surface area contributed by atoms with Gasteiger partial charge < -0.3 is 4.42 Å². The van der Waals surface area contributed by atoms with E-state index >= 15 is 0 Å². The van der Waals surface area contributed by atoms with Crippen molar-refractivity contribution < 1.29 is 36.6 Å². The Morgan fingerprint density at radius 1 is 0.702 bits per heavy atom. The van der Waals surface area contributed by atoms with Crippen LogP contribution < -0.4 is 20.9 Å². The van der Waals surface area contributed by atoms with Gasteiger partial charge in [0.1, 0.15) is 16.9 Å². The minimum atomic E-state index is -4.49. The molecule has 0 bridgehead atoms. The topological polar surface area (TPSA) is 190 Å². The second-order valence-electron chi connectivity index (χ2n) is 9.60. The number of halogens is 2. The monoisotopic (exact) mass is 875 g/mol. The third-order valence-corrected chi connectivity index (χ3v) is 8.61. The molecule has 3 heterocycles. The molecule has 3 aromatic carbocycles. The maximum absolute atomic E-state index is 12.4. The number of rotatable bonds is 5. The van der Waals surface area contributed by atoms with Crippen molar-refractivity contribution in [1.29, 1.82) is 5.26 Å². The van der Waals surface area contributed by atoms with E-state index < -0.39 is 38.8 Å². The highest BCUT2D eigenvalue weighted by atomic mass is 127. The summed E-state index contributed by atoms with van der Waals surface area (Å²) in [7, 11) is -4.49. The summed E-state index contributed by atoms with van der Waals surface area (Å²) >= 11 is 4.28. The Morgan fingerprint density at radius 2 is 1.17 bits per heavy atom. The molecule has 4 amide bonds. The lowest BCUT2D eigenvalue weighted by molar-refractivity contribution is -0.118. The number of nitrogens with zero attached hydrogens (tertiary/aromatic N) is 3. The third kappa shape index (κ3) is 7.76. The number of amides is 4. The van der Waals surface area contributed by atoms with Crippen LogP contribution in [0.2, 0.25) is 0 Å². The Morgan fingerprint density at radius 3 is 1.60 bits per heavy atom. The number of hydrogen-bond acceptors (Lipinski definition) is 8. The molecular formula is C31H19I2N5O8S. The molecule has 4 aromatic rings. The van der Waals surface area contributed by atoms with Gasteiger partial charge in [0.25, 0.3) is 23.6 Å². The first-order valence-electron chi connectivity index (χ1n) is 13.2. The molecule has 16 heteroatoms. The molecule has 6 rings (SSSR count). The number of hydrogen-bond donors (Lipinski definition) is 3. The summed E-state index contributed by atoms with van der Waals surface area (Å²) in [6, 6.07) is 25.1. The standard InChI is InChI=1S/C17H10IN3O2.C14H9IN2O6S/c18-13-5-7-14(8-6-13)21-17(23)15(16(22)20-21)9-11-1-3-12(10-19)4-2-11;15-8-1-3-9(4-2-8)17-14(19)11(13(18)16-17)7-10-5-6-12(23-10)24(20,21)22/h1-9H,(H,20,22);1-7H,(H,16,18)(H,20,21,22). The van der Waals surface area contributed by atoms with Crippen LogP contribution in [0.3, 0.4) is 0 Å². The second kappa shape index (κ2) is 13.9. The van der Waals surface area contributed by atoms with Crippen LogP contribution in [0.25, 0.3) is 12.2 Å². The van der Waals surface area contributed by atoms with Crippen molar-refractivity contribution in [3.8, 4) is 6.07 Å². The van der Waals surface area contributed by atoms with E-state index in [0.29, 0.717) is 22.5 Å². The zero-order valence-electron chi connectivity index (χ0n) is 23.5. The van der Waals surface area contributed by atoms with Crippen LogP contribution in [0.5, 0.6) is 0 Å². The van der Waals surface area contributed by atoms with Gasteiger partial charge in [-0.05, 0) is 136 Å². The first-order valence-corrected chi connectivity index (χ1v) is 16.8. The average molecular weight is 875 g/mol. The molecule has 1 aromatic heterocycles. The Balaban J connectivity index is 0.000000185. The summed E-state index contributed by atoms with van der Waals surface area (Å²) in [5.41, 5.74) is 7.11. The predicted molar refractivity (Wildman–Crippen MR) is 185 cm³/mol. The largest absolute Gasteiger partial charge is 0.443 e. The molecule has 0 saturated carbocycles. The fourth-order valence-electron chi connectivity index (χ4n) is 4.17. The molecule has 2 saturated heterocycles. The summed E-state index contributed by atoms with van der Waals surface area (Å²) in [6.45, 7) is 0. The number of carbonyl (C=O) groups is 4. The van der Waals surface area contributed by atoms with E-state index in [1.165, 1.54) is 17.2 Å². The van der Waals surface area contributed by atoms with Crippen LogP contribution in [0, 0.1) is 18.5 Å². The van der Waals surface area contributed by atoms with Gasteiger partial charge in [-0.25, -0.2) is 10.0 Å². The van der Waals surface area contributed by atoms with Gasteiger partial charge >= 0.3 is 10.1 Å². The lowest BCUT2D eigenvalue weighted by atomic mass is 10.1. The maximum atomic E-state index is 12.4. The molecular weight excluding hydrogens is 856 g/mol. The number of nitriles is 1. The van der Waals surface area contributed by atoms with Crippen LogP contribution >= 0.6 is 45.2 Å². The average Bonchev–Trinajstić information content (AvgIpc) is 3.72. The van der Waals surface area contributed by atoms with Crippen molar-refractivity contribution in [3.05, 3.63) is 120 Å². The number of nitrogens with one attached hydrogen (secondary N) is 2. The van der Waals surface area contributed by atoms with E-state index in [0.717, 1.165) is 24.3 Å². The highest BCUT2D eigenvalue weighted by Crippen LogP contribution is 2.25. The second-order valence-corrected chi connectivity index (χ2v) is 13.4. The predicted octanol–water partition coefficient (Wildman–Crippen LogP) is 4.22. The molecule has 0 atom stereocenters. The fraction of sp³-hybridized carbons (Fsp3) is 0. The molecule has 13 nitrogen and oxygen atoms in total. The normalized spacial score (nSPS) is 16.2. The van der Waals surface area contributed by atoms with Gasteiger partial charge in [-0.3, -0.25) is 34.6 Å². The Hall–Kier alpha value is -4.84. The highest BCUT2D eigenvalue weighted by Gasteiger charge is 2.35. The minimum Gasteiger partial charge on any atom is -0.443 e. The molecule has 0 spiro atoms. The van der Waals surface area contributed by atoms with Crippen LogP contribution in [0.1, 0.15) is 16.9 Å². The van der Waals surface area contributed by atoms with E-state index in [9.17, 15) is 27.6 Å². The fourth-order valence-corrected chi connectivity index (χ4v) is 5.33. The summed E-state index contributed by atoms with van der Waals surface area (Å²) in [5, 5.41) is 10.4. The number of anilines is 2. The van der Waals surface area contributed by atoms with Crippen molar-refractivity contribution in [2.75, 3.05) is 10.0 Å². The van der Waals surface area contributed by atoms with E-state index in [1.54, 1.807) is 60.7 Å². The summed E-state index contributed by atoms with van der Waals surface area (Å²) in [4.78, 5) is 48.9. The highest BCUT2D eigenvalue weighted by molar-refractivity contribution is 14.1. The van der Waals surface area contributed by atoms with Crippen molar-refractivity contribution >= 4 is 102 Å². The summed E-state index contributed by atoms with van der Waals surface area (Å²) < 4.78 is 37.7. The Labute approximate surface area is 294 Å². The Bertz CT molecular complexity index is 2120. The molecule has 3 N–H and O–H groups in total. The van der Waals surface area contributed by atoms with Gasteiger partial charge in [0.05, 0.1) is 23.0 Å². The first kappa shape index (κ1) is 33.5. The lowest BCUT2D eigenvalue weighted by Gasteiger charge is -2.14. The van der Waals surface area contributed by atoms with Crippen LogP contribution in [0.15, 0.2) is 106 Å². The number of furan rings is 1. The lowest BCUT2D eigenvalue weighted by Crippen LogP contribution is -2.35. The smallest absolute Gasteiger partial charge is 0.328 e. The van der Waals surface area contributed by atoms with Crippen LogP contribution in [-0.4, -0.2) is 36.6 Å². The van der Waals surface area contributed by atoms with Gasteiger partial charge in [-0.2, -0.15) is 13.7 Å². The quantitative estimate of drug-likeness (QED) is 0.114. The van der Waals surface area contributed by atoms with Crippen molar-refractivity contribution in [3.63, 3.8) is 0 Å². The SMILES string of the molecule is N#Cc1ccc(C=C2C(=O)NN(c3ccc(I)cc3)C2=O)cc1.O=C1NN(c2ccc(I)cc2)C(=O)C1=Cc1ccc(S(=O)(=O)O)o1. The molecule has 236 valence electrons. The third-order valence-electron chi connectivity index (χ3n) is 6.45. The summed E-state index contributed by atoms with van der Waals surface area (Å²) in [5.74, 6) is -2.15. The van der Waals surface area contributed by atoms with E-state index in [2.05, 4.69) is 56.0 Å². The van der Waals surface area contributed by atoms with Crippen LogP contribution in [-0.2, 0) is 29.3 Å². The van der Waals surface area contributed by atoms with Crippen molar-refractivity contribution in [1.82, 2.24) is 10.9 Å². The molecule has 0 unspecified atom stereocenters. The van der Waals surface area contributed by atoms with Gasteiger partial charge in [-0.15, -0.1) is 0 Å². The van der Waals surface area contributed by atoms with E-state index in [4.69, 9.17) is 14.2 Å². The molecule has 47 heavy (non-hydrogen) atoms. The van der Waals surface area contributed by atoms with Crippen molar-refractivity contribution in [2.24, 2.45) is 0 Å². The molecule has 2 aliphatic rings. The van der Waals surface area contributed by atoms with E-state index in [1.807, 2.05) is 18.2 Å². The zero-order chi connectivity index (χ0) is 33.9. The number of benzene rings is 3. The first-order chi connectivity index (χ1) is 22.3. The molecule has 0 aliphatic carbocycles. The molecule has 2 aliphatic heterocycles. The minimum absolute atomic E-state index is 0.0504. The number of hydrazine groups is 2. The van der Waals surface area contributed by atoms with E-state index in [-0.39, 0.29) is 16.9 Å². The Kier molecular flexibility index (Phi) is 9.90. The summed E-state index contributed by atoms with van der Waals surface area (Å²) in [6.07, 6.45) is 2.63. The molecule has 2 fully saturated rings. The van der Waals surface area contributed by atoms with Gasteiger partial charge in [0.15, 0.2) is 0 Å². The van der Waals surface area contributed by atoms with Gasteiger partial charge in [-0.1, -0.05) is 12.1 Å². The zero-order valence-corrected chi connectivity index (χ0v) is 28.7. The van der Waals surface area contributed by atoms with Gasteiger partial charge in [0.2, 0.25) is 5.09 Å².